The van der Waals surface area contributed by atoms with Gasteiger partial charge >= 0.3 is 5.97 Å². The Morgan fingerprint density at radius 2 is 2.19 bits per heavy atom. The third kappa shape index (κ3) is 7.87. The number of aromatic nitrogens is 1. The maximum absolute atomic E-state index is 11.2. The Bertz CT molecular complexity index is 391. The van der Waals surface area contributed by atoms with E-state index in [9.17, 15) is 4.79 Å². The second kappa shape index (κ2) is 11.3. The van der Waals surface area contributed by atoms with E-state index in [-0.39, 0.29) is 5.97 Å². The number of methoxy groups -OCH3 is 1. The van der Waals surface area contributed by atoms with Gasteiger partial charge < -0.3 is 19.4 Å². The molecule has 0 fully saturated rings. The predicted molar refractivity (Wildman–Crippen MR) is 83.1 cm³/mol. The van der Waals surface area contributed by atoms with E-state index in [0.717, 1.165) is 45.5 Å². The summed E-state index contributed by atoms with van der Waals surface area (Å²) >= 11 is 0. The number of ether oxygens (including phenoxy) is 2. The SMILES string of the molecule is CCOC(=O)CCCCCn1cccc1CNCCOC. The molecule has 0 unspecified atom stereocenters. The average Bonchev–Trinajstić information content (AvgIpc) is 2.91. The molecule has 21 heavy (non-hydrogen) atoms. The van der Waals surface area contributed by atoms with E-state index < -0.39 is 0 Å². The fraction of sp³-hybridized carbons (Fsp3) is 0.688. The Morgan fingerprint density at radius 1 is 1.33 bits per heavy atom. The van der Waals surface area contributed by atoms with Crippen molar-refractivity contribution >= 4 is 5.97 Å². The quantitative estimate of drug-likeness (QED) is 0.475. The number of carbonyl (C=O) groups is 1. The number of nitrogens with zero attached hydrogens (tertiary/aromatic N) is 1. The van der Waals surface area contributed by atoms with Crippen LogP contribution in [0.5, 0.6) is 0 Å². The first kappa shape index (κ1) is 17.7. The second-order valence-corrected chi connectivity index (χ2v) is 4.98. The standard InChI is InChI=1S/C16H28N2O3/c1-3-21-16(19)9-5-4-6-11-18-12-7-8-15(18)14-17-10-13-20-2/h7-8,12,17H,3-6,9-11,13-14H2,1-2H3. The summed E-state index contributed by atoms with van der Waals surface area (Å²) in [5, 5.41) is 3.35. The summed E-state index contributed by atoms with van der Waals surface area (Å²) in [7, 11) is 1.71. The van der Waals surface area contributed by atoms with Crippen LogP contribution in [0.25, 0.3) is 0 Å². The minimum absolute atomic E-state index is 0.0819. The molecule has 1 aromatic rings. The lowest BCUT2D eigenvalue weighted by atomic mass is 10.2. The highest BCUT2D eigenvalue weighted by Gasteiger charge is 2.03. The summed E-state index contributed by atoms with van der Waals surface area (Å²) in [4.78, 5) is 11.2. The number of rotatable bonds is 12. The number of esters is 1. The van der Waals surface area contributed by atoms with Gasteiger partial charge in [0.1, 0.15) is 0 Å². The highest BCUT2D eigenvalue weighted by Crippen LogP contribution is 2.07. The summed E-state index contributed by atoms with van der Waals surface area (Å²) in [5.41, 5.74) is 1.29. The van der Waals surface area contributed by atoms with Gasteiger partial charge in [-0.1, -0.05) is 6.42 Å². The normalized spacial score (nSPS) is 10.8. The molecule has 0 saturated carbocycles. The lowest BCUT2D eigenvalue weighted by Crippen LogP contribution is -2.20. The van der Waals surface area contributed by atoms with Gasteiger partial charge in [-0.15, -0.1) is 0 Å². The fourth-order valence-corrected chi connectivity index (χ4v) is 2.18. The van der Waals surface area contributed by atoms with Gasteiger partial charge in [0, 0.05) is 45.1 Å². The number of hydrogen-bond acceptors (Lipinski definition) is 4. The topological polar surface area (TPSA) is 52.5 Å². The van der Waals surface area contributed by atoms with Gasteiger partial charge in [-0.05, 0) is 31.9 Å². The average molecular weight is 296 g/mol. The largest absolute Gasteiger partial charge is 0.466 e. The van der Waals surface area contributed by atoms with Crippen molar-refractivity contribution in [2.24, 2.45) is 0 Å². The highest BCUT2D eigenvalue weighted by atomic mass is 16.5. The van der Waals surface area contributed by atoms with Gasteiger partial charge in [-0.2, -0.15) is 0 Å². The van der Waals surface area contributed by atoms with E-state index in [4.69, 9.17) is 9.47 Å². The molecule has 1 N–H and O–H groups in total. The molecule has 120 valence electrons. The van der Waals surface area contributed by atoms with Gasteiger partial charge in [0.2, 0.25) is 0 Å². The number of hydrogen-bond donors (Lipinski definition) is 1. The molecule has 0 aromatic carbocycles. The zero-order valence-electron chi connectivity index (χ0n) is 13.3. The van der Waals surface area contributed by atoms with E-state index >= 15 is 0 Å². The third-order valence-corrected chi connectivity index (χ3v) is 3.30. The molecule has 0 saturated heterocycles. The maximum atomic E-state index is 11.2. The molecule has 0 atom stereocenters. The van der Waals surface area contributed by atoms with Crippen molar-refractivity contribution in [1.82, 2.24) is 9.88 Å². The van der Waals surface area contributed by atoms with E-state index in [2.05, 4.69) is 28.2 Å². The monoisotopic (exact) mass is 296 g/mol. The van der Waals surface area contributed by atoms with Gasteiger partial charge in [0.15, 0.2) is 0 Å². The van der Waals surface area contributed by atoms with E-state index in [1.807, 2.05) is 6.92 Å². The molecule has 1 rings (SSSR count). The van der Waals surface area contributed by atoms with Crippen molar-refractivity contribution < 1.29 is 14.3 Å². The van der Waals surface area contributed by atoms with Crippen molar-refractivity contribution in [3.8, 4) is 0 Å². The Hall–Kier alpha value is -1.33. The summed E-state index contributed by atoms with van der Waals surface area (Å²) in [6.45, 7) is 5.76. The molecule has 0 aliphatic heterocycles. The Balaban J connectivity index is 2.14. The van der Waals surface area contributed by atoms with Crippen LogP contribution in [-0.2, 0) is 27.4 Å². The Morgan fingerprint density at radius 3 is 2.95 bits per heavy atom. The number of carbonyl (C=O) groups excluding carboxylic acids is 1. The summed E-state index contributed by atoms with van der Waals surface area (Å²) in [6, 6.07) is 4.21. The molecular formula is C16H28N2O3. The molecule has 1 heterocycles. The van der Waals surface area contributed by atoms with Crippen molar-refractivity contribution in [1.29, 1.82) is 0 Å². The molecule has 0 aliphatic carbocycles. The van der Waals surface area contributed by atoms with E-state index in [1.54, 1.807) is 7.11 Å². The molecule has 5 heteroatoms. The molecule has 0 amide bonds. The van der Waals surface area contributed by atoms with Gasteiger partial charge in [0.05, 0.1) is 13.2 Å². The second-order valence-electron chi connectivity index (χ2n) is 4.98. The summed E-state index contributed by atoms with van der Waals surface area (Å²) < 4.78 is 12.2. The maximum Gasteiger partial charge on any atom is 0.305 e. The molecule has 5 nitrogen and oxygen atoms in total. The first-order valence-electron chi connectivity index (χ1n) is 7.77. The van der Waals surface area contributed by atoms with Crippen molar-refractivity contribution in [2.45, 2.75) is 45.7 Å². The zero-order chi connectivity index (χ0) is 15.3. The first-order valence-corrected chi connectivity index (χ1v) is 7.77. The number of unbranched alkanes of at least 4 members (excludes halogenated alkanes) is 2. The minimum Gasteiger partial charge on any atom is -0.466 e. The van der Waals surface area contributed by atoms with Crippen LogP contribution in [0.15, 0.2) is 18.3 Å². The number of nitrogens with one attached hydrogen (secondary N) is 1. The van der Waals surface area contributed by atoms with Crippen molar-refractivity contribution in [3.05, 3.63) is 24.0 Å². The predicted octanol–water partition coefficient (Wildman–Crippen LogP) is 2.35. The first-order chi connectivity index (χ1) is 10.3. The van der Waals surface area contributed by atoms with Crippen LogP contribution < -0.4 is 5.32 Å². The van der Waals surface area contributed by atoms with Crippen LogP contribution in [0.4, 0.5) is 0 Å². The van der Waals surface area contributed by atoms with Crippen molar-refractivity contribution in [2.75, 3.05) is 26.9 Å². The van der Waals surface area contributed by atoms with Crippen molar-refractivity contribution in [3.63, 3.8) is 0 Å². The van der Waals surface area contributed by atoms with Crippen LogP contribution in [0.2, 0.25) is 0 Å². The third-order valence-electron chi connectivity index (χ3n) is 3.30. The molecule has 0 radical (unpaired) electrons. The zero-order valence-corrected chi connectivity index (χ0v) is 13.3. The minimum atomic E-state index is -0.0819. The highest BCUT2D eigenvalue weighted by molar-refractivity contribution is 5.69. The molecular weight excluding hydrogens is 268 g/mol. The smallest absolute Gasteiger partial charge is 0.305 e. The summed E-state index contributed by atoms with van der Waals surface area (Å²) in [6.07, 6.45) is 5.68. The molecule has 0 aliphatic rings. The van der Waals surface area contributed by atoms with Gasteiger partial charge in [-0.25, -0.2) is 0 Å². The van der Waals surface area contributed by atoms with E-state index in [0.29, 0.717) is 13.0 Å². The lowest BCUT2D eigenvalue weighted by Gasteiger charge is -2.10. The van der Waals surface area contributed by atoms with Gasteiger partial charge in [0.25, 0.3) is 0 Å². The Kier molecular flexibility index (Phi) is 9.57. The van der Waals surface area contributed by atoms with E-state index in [1.165, 1.54) is 5.69 Å². The van der Waals surface area contributed by atoms with Crippen LogP contribution in [0, 0.1) is 0 Å². The molecule has 0 spiro atoms. The Labute approximate surface area is 127 Å². The van der Waals surface area contributed by atoms with Crippen LogP contribution >= 0.6 is 0 Å². The summed E-state index contributed by atoms with van der Waals surface area (Å²) in [5.74, 6) is -0.0819. The fourth-order valence-electron chi connectivity index (χ4n) is 2.18. The lowest BCUT2D eigenvalue weighted by molar-refractivity contribution is -0.143. The molecule has 1 aromatic heterocycles. The van der Waals surface area contributed by atoms with Crippen LogP contribution in [-0.4, -0.2) is 37.4 Å². The molecule has 0 bridgehead atoms. The van der Waals surface area contributed by atoms with Crippen LogP contribution in [0.3, 0.4) is 0 Å². The van der Waals surface area contributed by atoms with Gasteiger partial charge in [-0.3, -0.25) is 4.79 Å². The van der Waals surface area contributed by atoms with Crippen LogP contribution in [0.1, 0.15) is 38.3 Å². The number of aryl methyl sites for hydroxylation is 1.